The van der Waals surface area contributed by atoms with Gasteiger partial charge in [-0.2, -0.15) is 0 Å². The minimum atomic E-state index is -2.08. The van der Waals surface area contributed by atoms with Gasteiger partial charge in [0.15, 0.2) is 0 Å². The van der Waals surface area contributed by atoms with Crippen molar-refractivity contribution in [1.29, 1.82) is 0 Å². The Balaban J connectivity index is 1.58. The Morgan fingerprint density at radius 2 is 1.00 bits per heavy atom. The van der Waals surface area contributed by atoms with Crippen LogP contribution in [-0.2, 0) is 0 Å². The molecule has 27 heavy (non-hydrogen) atoms. The number of para-hydroxylation sites is 2. The van der Waals surface area contributed by atoms with Crippen molar-refractivity contribution in [2.45, 2.75) is 6.85 Å². The van der Waals surface area contributed by atoms with Gasteiger partial charge in [-0.1, -0.05) is 54.1 Å². The first kappa shape index (κ1) is 13.7. The molecule has 4 rings (SSSR count). The Hall–Kier alpha value is -3.52. The van der Waals surface area contributed by atoms with Crippen molar-refractivity contribution in [3.05, 3.63) is 115 Å². The van der Waals surface area contributed by atoms with Crippen LogP contribution < -0.4 is 10.2 Å². The standard InChI is InChI=1S/C25H22N2/c1-20-12-14-21(15-13-20)26-22-16-18-25(19-17-22)27(23-8-4-2-5-9-23)24-10-6-3-7-11-24/h2-19,26H,1H3/i1D3. The molecule has 0 aliphatic heterocycles. The van der Waals surface area contributed by atoms with E-state index in [0.29, 0.717) is 5.56 Å². The van der Waals surface area contributed by atoms with E-state index in [2.05, 4.69) is 46.6 Å². The lowest BCUT2D eigenvalue weighted by molar-refractivity contribution is 1.28. The summed E-state index contributed by atoms with van der Waals surface area (Å²) in [4.78, 5) is 2.20. The average Bonchev–Trinajstić information content (AvgIpc) is 2.76. The van der Waals surface area contributed by atoms with Crippen LogP contribution in [0.3, 0.4) is 0 Å². The summed E-state index contributed by atoms with van der Waals surface area (Å²) in [5, 5.41) is 3.33. The van der Waals surface area contributed by atoms with Gasteiger partial charge in [0.25, 0.3) is 0 Å². The van der Waals surface area contributed by atoms with Crippen LogP contribution in [0.4, 0.5) is 28.4 Å². The van der Waals surface area contributed by atoms with E-state index in [-0.39, 0.29) is 0 Å². The number of nitrogens with one attached hydrogen (secondary N) is 1. The maximum absolute atomic E-state index is 7.48. The van der Waals surface area contributed by atoms with Gasteiger partial charge in [0.2, 0.25) is 0 Å². The molecule has 0 aliphatic carbocycles. The summed E-state index contributed by atoms with van der Waals surface area (Å²) in [5.41, 5.74) is 5.34. The first-order chi connectivity index (χ1) is 14.5. The monoisotopic (exact) mass is 353 g/mol. The third kappa shape index (κ3) is 4.01. The lowest BCUT2D eigenvalue weighted by Gasteiger charge is -2.25. The lowest BCUT2D eigenvalue weighted by atomic mass is 10.1. The maximum Gasteiger partial charge on any atom is 0.0463 e. The predicted molar refractivity (Wildman–Crippen MR) is 116 cm³/mol. The van der Waals surface area contributed by atoms with Crippen molar-refractivity contribution in [3.63, 3.8) is 0 Å². The van der Waals surface area contributed by atoms with E-state index in [1.54, 1.807) is 24.3 Å². The van der Waals surface area contributed by atoms with Crippen molar-refractivity contribution in [2.75, 3.05) is 10.2 Å². The highest BCUT2D eigenvalue weighted by Gasteiger charge is 2.11. The fourth-order valence-corrected chi connectivity index (χ4v) is 3.02. The zero-order valence-electron chi connectivity index (χ0n) is 17.8. The number of nitrogens with zero attached hydrogens (tertiary/aromatic N) is 1. The van der Waals surface area contributed by atoms with Crippen LogP contribution in [0.5, 0.6) is 0 Å². The molecular formula is C25H22N2. The SMILES string of the molecule is [2H]C([2H])([2H])c1ccc(Nc2ccc(N(c3ccccc3)c3ccccc3)cc2)cc1. The quantitative estimate of drug-likeness (QED) is 0.408. The molecule has 4 aromatic rings. The fourth-order valence-electron chi connectivity index (χ4n) is 3.02. The van der Waals surface area contributed by atoms with Crippen LogP contribution in [-0.4, -0.2) is 0 Å². The topological polar surface area (TPSA) is 15.3 Å². The number of hydrogen-bond acceptors (Lipinski definition) is 2. The number of aryl methyl sites for hydroxylation is 1. The Bertz CT molecular complexity index is 1040. The Morgan fingerprint density at radius 3 is 1.48 bits per heavy atom. The summed E-state index contributed by atoms with van der Waals surface area (Å²) >= 11 is 0. The van der Waals surface area contributed by atoms with Gasteiger partial charge < -0.3 is 10.2 Å². The Kier molecular flexibility index (Phi) is 3.94. The second-order valence-corrected chi connectivity index (χ2v) is 6.26. The highest BCUT2D eigenvalue weighted by atomic mass is 15.1. The Morgan fingerprint density at radius 1 is 0.556 bits per heavy atom. The van der Waals surface area contributed by atoms with Gasteiger partial charge >= 0.3 is 0 Å². The summed E-state index contributed by atoms with van der Waals surface area (Å²) < 4.78 is 22.4. The molecule has 0 saturated carbocycles. The Labute approximate surface area is 164 Å². The largest absolute Gasteiger partial charge is 0.356 e. The van der Waals surface area contributed by atoms with Crippen molar-refractivity contribution in [1.82, 2.24) is 0 Å². The maximum atomic E-state index is 7.48. The van der Waals surface area contributed by atoms with E-state index in [1.165, 1.54) is 0 Å². The van der Waals surface area contributed by atoms with Crippen molar-refractivity contribution in [2.24, 2.45) is 0 Å². The summed E-state index contributed by atoms with van der Waals surface area (Å²) in [5.74, 6) is 0. The van der Waals surface area contributed by atoms with Crippen LogP contribution in [0.25, 0.3) is 0 Å². The van der Waals surface area contributed by atoms with E-state index in [9.17, 15) is 0 Å². The summed E-state index contributed by atoms with van der Waals surface area (Å²) in [7, 11) is 0. The van der Waals surface area contributed by atoms with Crippen LogP contribution in [0.2, 0.25) is 0 Å². The molecule has 2 heteroatoms. The predicted octanol–water partition coefficient (Wildman–Crippen LogP) is 7.21. The molecule has 0 atom stereocenters. The highest BCUT2D eigenvalue weighted by Crippen LogP contribution is 2.34. The first-order valence-electron chi connectivity index (χ1n) is 10.4. The summed E-state index contributed by atoms with van der Waals surface area (Å²) in [6.07, 6.45) is 0. The minimum absolute atomic E-state index is 0.338. The van der Waals surface area contributed by atoms with E-state index in [4.69, 9.17) is 4.11 Å². The summed E-state index contributed by atoms with van der Waals surface area (Å²) in [6, 6.07) is 35.5. The highest BCUT2D eigenvalue weighted by molar-refractivity contribution is 5.77. The van der Waals surface area contributed by atoms with Crippen LogP contribution in [0.15, 0.2) is 109 Å². The van der Waals surface area contributed by atoms with Crippen molar-refractivity contribution in [3.8, 4) is 0 Å². The smallest absolute Gasteiger partial charge is 0.0463 e. The molecule has 0 bridgehead atoms. The fraction of sp³-hybridized carbons (Fsp3) is 0.0400. The normalized spacial score (nSPS) is 12.5. The average molecular weight is 353 g/mol. The molecule has 1 N–H and O–H groups in total. The molecule has 0 aromatic heterocycles. The molecule has 0 fully saturated rings. The third-order valence-corrected chi connectivity index (χ3v) is 4.33. The molecule has 0 heterocycles. The molecule has 4 aromatic carbocycles. The van der Waals surface area contributed by atoms with Crippen molar-refractivity contribution >= 4 is 28.4 Å². The van der Waals surface area contributed by atoms with Crippen molar-refractivity contribution < 1.29 is 4.11 Å². The van der Waals surface area contributed by atoms with Gasteiger partial charge in [0.1, 0.15) is 0 Å². The van der Waals surface area contributed by atoms with E-state index >= 15 is 0 Å². The third-order valence-electron chi connectivity index (χ3n) is 4.33. The molecule has 132 valence electrons. The van der Waals surface area contributed by atoms with Crippen LogP contribution >= 0.6 is 0 Å². The molecule has 0 spiro atoms. The molecule has 0 amide bonds. The van der Waals surface area contributed by atoms with E-state index < -0.39 is 6.85 Å². The van der Waals surface area contributed by atoms with E-state index in [1.807, 2.05) is 48.5 Å². The van der Waals surface area contributed by atoms with Gasteiger partial charge in [0, 0.05) is 32.5 Å². The minimum Gasteiger partial charge on any atom is -0.356 e. The number of anilines is 5. The second-order valence-electron chi connectivity index (χ2n) is 6.26. The molecule has 0 radical (unpaired) electrons. The number of rotatable bonds is 5. The molecular weight excluding hydrogens is 328 g/mol. The van der Waals surface area contributed by atoms with Gasteiger partial charge in [-0.15, -0.1) is 0 Å². The summed E-state index contributed by atoms with van der Waals surface area (Å²) in [6.45, 7) is -2.08. The van der Waals surface area contributed by atoms with Gasteiger partial charge in [-0.25, -0.2) is 0 Å². The molecule has 0 unspecified atom stereocenters. The zero-order chi connectivity index (χ0) is 21.0. The van der Waals surface area contributed by atoms with Gasteiger partial charge in [-0.3, -0.25) is 0 Å². The van der Waals surface area contributed by atoms with Crippen LogP contribution in [0.1, 0.15) is 9.68 Å². The van der Waals surface area contributed by atoms with Gasteiger partial charge in [0.05, 0.1) is 0 Å². The number of hydrogen-bond donors (Lipinski definition) is 1. The number of benzene rings is 4. The second kappa shape index (κ2) is 7.79. The lowest BCUT2D eigenvalue weighted by Crippen LogP contribution is -2.09. The van der Waals surface area contributed by atoms with Crippen LogP contribution in [0, 0.1) is 6.85 Å². The molecule has 0 saturated heterocycles. The molecule has 2 nitrogen and oxygen atoms in total. The zero-order valence-corrected chi connectivity index (χ0v) is 14.8. The molecule has 0 aliphatic rings. The first-order valence-corrected chi connectivity index (χ1v) is 8.88. The van der Waals surface area contributed by atoms with Gasteiger partial charge in [-0.05, 0) is 67.5 Å². The van der Waals surface area contributed by atoms with E-state index in [0.717, 1.165) is 28.4 Å².